The molecule has 0 unspecified atom stereocenters. The number of aryl methyl sites for hydroxylation is 2. The summed E-state index contributed by atoms with van der Waals surface area (Å²) in [4.78, 5) is 0. The molecule has 2 aromatic rings. The number of benzene rings is 2. The van der Waals surface area contributed by atoms with Crippen molar-refractivity contribution in [3.05, 3.63) is 59.2 Å². The second-order valence-electron chi connectivity index (χ2n) is 4.74. The minimum atomic E-state index is 0.463. The molecule has 0 spiro atoms. The van der Waals surface area contributed by atoms with Crippen LogP contribution in [0, 0.1) is 6.92 Å². The number of ether oxygens (including phenoxy) is 1. The number of halogens is 1. The lowest BCUT2D eigenvalue weighted by Crippen LogP contribution is -1.91. The van der Waals surface area contributed by atoms with E-state index in [9.17, 15) is 0 Å². The highest BCUT2D eigenvalue weighted by Crippen LogP contribution is 2.27. The Morgan fingerprint density at radius 3 is 2.42 bits per heavy atom. The van der Waals surface area contributed by atoms with Crippen LogP contribution in [0.3, 0.4) is 0 Å². The first-order valence-corrected chi connectivity index (χ1v) is 7.18. The fourth-order valence-electron chi connectivity index (χ4n) is 2.05. The van der Waals surface area contributed by atoms with Gasteiger partial charge in [-0.05, 0) is 37.1 Å². The summed E-state index contributed by atoms with van der Waals surface area (Å²) in [5.41, 5.74) is 3.57. The molecule has 2 aromatic carbocycles. The first-order valence-electron chi connectivity index (χ1n) is 6.65. The van der Waals surface area contributed by atoms with Crippen molar-refractivity contribution in [2.24, 2.45) is 0 Å². The van der Waals surface area contributed by atoms with Crippen LogP contribution in [0.5, 0.6) is 11.5 Å². The predicted molar refractivity (Wildman–Crippen MR) is 81.2 cm³/mol. The number of rotatable bonds is 5. The molecule has 0 N–H and O–H groups in total. The molecule has 0 atom stereocenters. The van der Waals surface area contributed by atoms with Gasteiger partial charge in [0.05, 0.1) is 5.88 Å². The summed E-state index contributed by atoms with van der Waals surface area (Å²) in [5.74, 6) is 2.16. The topological polar surface area (TPSA) is 9.23 Å². The highest BCUT2D eigenvalue weighted by Gasteiger charge is 2.04. The lowest BCUT2D eigenvalue weighted by Gasteiger charge is -2.11. The quantitative estimate of drug-likeness (QED) is 0.656. The zero-order valence-corrected chi connectivity index (χ0v) is 12.2. The lowest BCUT2D eigenvalue weighted by atomic mass is 10.1. The Morgan fingerprint density at radius 2 is 1.79 bits per heavy atom. The van der Waals surface area contributed by atoms with Gasteiger partial charge < -0.3 is 4.74 Å². The summed E-state index contributed by atoms with van der Waals surface area (Å²) < 4.78 is 5.90. The number of alkyl halides is 1. The molecule has 0 aliphatic rings. The highest BCUT2D eigenvalue weighted by molar-refractivity contribution is 6.17. The molecule has 0 heterocycles. The van der Waals surface area contributed by atoms with Gasteiger partial charge in [0.2, 0.25) is 0 Å². The van der Waals surface area contributed by atoms with Crippen molar-refractivity contribution in [3.63, 3.8) is 0 Å². The Morgan fingerprint density at radius 1 is 1.05 bits per heavy atom. The van der Waals surface area contributed by atoms with E-state index in [0.29, 0.717) is 5.88 Å². The van der Waals surface area contributed by atoms with Gasteiger partial charge in [-0.15, -0.1) is 11.6 Å². The van der Waals surface area contributed by atoms with Crippen LogP contribution in [-0.2, 0) is 12.3 Å². The Bertz CT molecular complexity index is 531. The molecule has 0 aromatic heterocycles. The van der Waals surface area contributed by atoms with Crippen molar-refractivity contribution in [2.75, 3.05) is 0 Å². The summed E-state index contributed by atoms with van der Waals surface area (Å²) in [5, 5.41) is 0. The van der Waals surface area contributed by atoms with Gasteiger partial charge in [-0.1, -0.05) is 43.2 Å². The molecule has 2 heteroatoms. The summed E-state index contributed by atoms with van der Waals surface area (Å²) in [7, 11) is 0. The Labute approximate surface area is 120 Å². The maximum absolute atomic E-state index is 5.96. The molecule has 2 rings (SSSR count). The third-order valence-electron chi connectivity index (χ3n) is 3.05. The molecule has 19 heavy (non-hydrogen) atoms. The first-order chi connectivity index (χ1) is 9.22. The van der Waals surface area contributed by atoms with E-state index >= 15 is 0 Å². The van der Waals surface area contributed by atoms with Crippen LogP contribution < -0.4 is 4.74 Å². The predicted octanol–water partition coefficient (Wildman–Crippen LogP) is 5.48. The molecule has 0 saturated carbocycles. The Balaban J connectivity index is 2.16. The van der Waals surface area contributed by atoms with E-state index in [0.717, 1.165) is 29.9 Å². The van der Waals surface area contributed by atoms with Crippen LogP contribution in [0.15, 0.2) is 42.5 Å². The fraction of sp³-hybridized carbons (Fsp3) is 0.294. The van der Waals surface area contributed by atoms with Crippen LogP contribution in [0.25, 0.3) is 0 Å². The minimum Gasteiger partial charge on any atom is -0.457 e. The van der Waals surface area contributed by atoms with Gasteiger partial charge in [0, 0.05) is 5.56 Å². The van der Waals surface area contributed by atoms with E-state index in [1.165, 1.54) is 11.1 Å². The smallest absolute Gasteiger partial charge is 0.131 e. The van der Waals surface area contributed by atoms with Gasteiger partial charge in [-0.2, -0.15) is 0 Å². The van der Waals surface area contributed by atoms with Crippen molar-refractivity contribution in [3.8, 4) is 11.5 Å². The molecule has 0 fully saturated rings. The van der Waals surface area contributed by atoms with E-state index < -0.39 is 0 Å². The van der Waals surface area contributed by atoms with E-state index in [4.69, 9.17) is 16.3 Å². The Hall–Kier alpha value is -1.47. The van der Waals surface area contributed by atoms with Crippen molar-refractivity contribution in [1.82, 2.24) is 0 Å². The second kappa shape index (κ2) is 6.63. The minimum absolute atomic E-state index is 0.463. The van der Waals surface area contributed by atoms with Crippen LogP contribution in [-0.4, -0.2) is 0 Å². The highest BCUT2D eigenvalue weighted by atomic mass is 35.5. The second-order valence-corrected chi connectivity index (χ2v) is 5.01. The van der Waals surface area contributed by atoms with E-state index in [2.05, 4.69) is 32.0 Å². The average Bonchev–Trinajstić information content (AvgIpc) is 2.43. The monoisotopic (exact) mass is 274 g/mol. The molecule has 0 aliphatic carbocycles. The number of hydrogen-bond acceptors (Lipinski definition) is 1. The molecule has 1 nitrogen and oxygen atoms in total. The Kier molecular flexibility index (Phi) is 4.86. The molecule has 0 bridgehead atoms. The molecule has 0 aliphatic heterocycles. The van der Waals surface area contributed by atoms with Crippen LogP contribution in [0.2, 0.25) is 0 Å². The van der Waals surface area contributed by atoms with Gasteiger partial charge in [0.25, 0.3) is 0 Å². The molecule has 100 valence electrons. The van der Waals surface area contributed by atoms with Gasteiger partial charge in [0.1, 0.15) is 11.5 Å². The van der Waals surface area contributed by atoms with Crippen LogP contribution in [0.1, 0.15) is 30.0 Å². The molecule has 0 radical (unpaired) electrons. The van der Waals surface area contributed by atoms with Crippen LogP contribution in [0.4, 0.5) is 0 Å². The zero-order chi connectivity index (χ0) is 13.7. The maximum Gasteiger partial charge on any atom is 0.131 e. The number of hydrogen-bond donors (Lipinski definition) is 0. The lowest BCUT2D eigenvalue weighted by molar-refractivity contribution is 0.478. The third kappa shape index (κ3) is 3.74. The summed E-state index contributed by atoms with van der Waals surface area (Å²) in [6.45, 7) is 4.24. The van der Waals surface area contributed by atoms with E-state index in [1.54, 1.807) is 0 Å². The van der Waals surface area contributed by atoms with Gasteiger partial charge >= 0.3 is 0 Å². The van der Waals surface area contributed by atoms with Crippen molar-refractivity contribution < 1.29 is 4.74 Å². The molecule has 0 amide bonds. The maximum atomic E-state index is 5.96. The largest absolute Gasteiger partial charge is 0.457 e. The molecule has 0 saturated heterocycles. The van der Waals surface area contributed by atoms with Crippen molar-refractivity contribution >= 4 is 11.6 Å². The van der Waals surface area contributed by atoms with Gasteiger partial charge in [0.15, 0.2) is 0 Å². The SMILES string of the molecule is CCCc1ccc(Oc2ccc(C)cc2CCl)cc1. The fourth-order valence-corrected chi connectivity index (χ4v) is 2.26. The molecular formula is C17H19ClO. The van der Waals surface area contributed by atoms with Gasteiger partial charge in [-0.3, -0.25) is 0 Å². The summed E-state index contributed by atoms with van der Waals surface area (Å²) in [6, 6.07) is 14.4. The third-order valence-corrected chi connectivity index (χ3v) is 3.34. The van der Waals surface area contributed by atoms with Gasteiger partial charge in [-0.25, -0.2) is 0 Å². The standard InChI is InChI=1S/C17H19ClO/c1-3-4-14-6-8-16(9-7-14)19-17-10-5-13(2)11-15(17)12-18/h5-11H,3-4,12H2,1-2H3. The summed E-state index contributed by atoms with van der Waals surface area (Å²) in [6.07, 6.45) is 2.27. The van der Waals surface area contributed by atoms with E-state index in [-0.39, 0.29) is 0 Å². The zero-order valence-electron chi connectivity index (χ0n) is 11.4. The first kappa shape index (κ1) is 14.0. The average molecular weight is 275 g/mol. The molecular weight excluding hydrogens is 256 g/mol. The van der Waals surface area contributed by atoms with E-state index in [1.807, 2.05) is 24.3 Å². The summed E-state index contributed by atoms with van der Waals surface area (Å²) >= 11 is 5.96. The van der Waals surface area contributed by atoms with Crippen LogP contribution >= 0.6 is 11.6 Å². The normalized spacial score (nSPS) is 10.5. The van der Waals surface area contributed by atoms with Crippen molar-refractivity contribution in [2.45, 2.75) is 32.6 Å². The van der Waals surface area contributed by atoms with Crippen molar-refractivity contribution in [1.29, 1.82) is 0 Å².